The van der Waals surface area contributed by atoms with Crippen molar-refractivity contribution in [3.63, 3.8) is 0 Å². The summed E-state index contributed by atoms with van der Waals surface area (Å²) in [6.45, 7) is 5.43. The molecule has 1 amide bonds. The van der Waals surface area contributed by atoms with Gasteiger partial charge in [0.05, 0.1) is 5.69 Å². The van der Waals surface area contributed by atoms with Gasteiger partial charge in [-0.15, -0.1) is 0 Å². The molecule has 0 radical (unpaired) electrons. The zero-order valence-electron chi connectivity index (χ0n) is 10.6. The zero-order valence-corrected chi connectivity index (χ0v) is 10.6. The molecule has 4 nitrogen and oxygen atoms in total. The van der Waals surface area contributed by atoms with Crippen molar-refractivity contribution >= 4 is 5.91 Å². The maximum atomic E-state index is 11.8. The Hall–Kier alpha value is -1.42. The second-order valence-electron chi connectivity index (χ2n) is 4.53. The SMILES string of the molecule is CC(C)CCCNC(=O)c1ccnc(CN)c1. The third-order valence-electron chi connectivity index (χ3n) is 2.53. The molecule has 0 unspecified atom stereocenters. The number of pyridine rings is 1. The van der Waals surface area contributed by atoms with E-state index in [1.165, 1.54) is 0 Å². The number of hydrogen-bond acceptors (Lipinski definition) is 3. The van der Waals surface area contributed by atoms with Crippen LogP contribution in [0.5, 0.6) is 0 Å². The fourth-order valence-corrected chi connectivity index (χ4v) is 1.55. The molecule has 1 aromatic heterocycles. The molecule has 94 valence electrons. The van der Waals surface area contributed by atoms with E-state index in [2.05, 4.69) is 24.1 Å². The first-order valence-electron chi connectivity index (χ1n) is 6.06. The number of nitrogens with one attached hydrogen (secondary N) is 1. The van der Waals surface area contributed by atoms with E-state index in [1.54, 1.807) is 18.3 Å². The van der Waals surface area contributed by atoms with Gasteiger partial charge in [-0.25, -0.2) is 0 Å². The Morgan fingerprint density at radius 1 is 1.53 bits per heavy atom. The lowest BCUT2D eigenvalue weighted by Crippen LogP contribution is -2.25. The lowest BCUT2D eigenvalue weighted by Gasteiger charge is -2.07. The van der Waals surface area contributed by atoms with Crippen molar-refractivity contribution in [3.8, 4) is 0 Å². The fourth-order valence-electron chi connectivity index (χ4n) is 1.55. The lowest BCUT2D eigenvalue weighted by molar-refractivity contribution is 0.0952. The van der Waals surface area contributed by atoms with E-state index >= 15 is 0 Å². The number of nitrogens with two attached hydrogens (primary N) is 1. The van der Waals surface area contributed by atoms with Gasteiger partial charge in [0.25, 0.3) is 5.91 Å². The van der Waals surface area contributed by atoms with E-state index in [4.69, 9.17) is 5.73 Å². The number of hydrogen-bond donors (Lipinski definition) is 2. The molecule has 4 heteroatoms. The van der Waals surface area contributed by atoms with Gasteiger partial charge in [-0.2, -0.15) is 0 Å². The Labute approximate surface area is 103 Å². The number of rotatable bonds is 6. The highest BCUT2D eigenvalue weighted by Crippen LogP contribution is 2.03. The van der Waals surface area contributed by atoms with Gasteiger partial charge < -0.3 is 11.1 Å². The van der Waals surface area contributed by atoms with E-state index in [0.717, 1.165) is 25.1 Å². The maximum Gasteiger partial charge on any atom is 0.251 e. The quantitative estimate of drug-likeness (QED) is 0.737. The van der Waals surface area contributed by atoms with Gasteiger partial charge in [0.15, 0.2) is 0 Å². The minimum absolute atomic E-state index is 0.0501. The molecule has 1 aromatic rings. The average Bonchev–Trinajstić information content (AvgIpc) is 2.34. The molecule has 0 bridgehead atoms. The van der Waals surface area contributed by atoms with Crippen LogP contribution in [0, 0.1) is 5.92 Å². The van der Waals surface area contributed by atoms with Crippen LogP contribution in [0.2, 0.25) is 0 Å². The summed E-state index contributed by atoms with van der Waals surface area (Å²) in [6.07, 6.45) is 3.76. The second-order valence-corrected chi connectivity index (χ2v) is 4.53. The minimum atomic E-state index is -0.0501. The molecular formula is C13H21N3O. The fraction of sp³-hybridized carbons (Fsp3) is 0.538. The van der Waals surface area contributed by atoms with Crippen LogP contribution in [-0.4, -0.2) is 17.4 Å². The van der Waals surface area contributed by atoms with Gasteiger partial charge in [0.1, 0.15) is 0 Å². The van der Waals surface area contributed by atoms with E-state index in [9.17, 15) is 4.79 Å². The maximum absolute atomic E-state index is 11.8. The van der Waals surface area contributed by atoms with Crippen molar-refractivity contribution in [1.29, 1.82) is 0 Å². The summed E-state index contributed by atoms with van der Waals surface area (Å²) in [5.41, 5.74) is 6.85. The predicted molar refractivity (Wildman–Crippen MR) is 68.5 cm³/mol. The average molecular weight is 235 g/mol. The molecule has 3 N–H and O–H groups in total. The molecule has 0 aliphatic carbocycles. The van der Waals surface area contributed by atoms with Crippen molar-refractivity contribution in [1.82, 2.24) is 10.3 Å². The molecule has 0 saturated heterocycles. The number of amides is 1. The Kier molecular flexibility index (Phi) is 5.63. The Morgan fingerprint density at radius 2 is 2.29 bits per heavy atom. The van der Waals surface area contributed by atoms with Crippen molar-refractivity contribution in [2.24, 2.45) is 11.7 Å². The Morgan fingerprint density at radius 3 is 2.94 bits per heavy atom. The molecule has 0 saturated carbocycles. The third kappa shape index (κ3) is 4.95. The van der Waals surface area contributed by atoms with Crippen molar-refractivity contribution < 1.29 is 4.79 Å². The largest absolute Gasteiger partial charge is 0.352 e. The summed E-state index contributed by atoms with van der Waals surface area (Å²) in [5, 5.41) is 2.90. The second kappa shape index (κ2) is 7.01. The summed E-state index contributed by atoms with van der Waals surface area (Å²) in [5.74, 6) is 0.627. The van der Waals surface area contributed by atoms with Gasteiger partial charge in [-0.1, -0.05) is 13.8 Å². The van der Waals surface area contributed by atoms with E-state index in [-0.39, 0.29) is 5.91 Å². The van der Waals surface area contributed by atoms with Crippen LogP contribution >= 0.6 is 0 Å². The third-order valence-corrected chi connectivity index (χ3v) is 2.53. The summed E-state index contributed by atoms with van der Waals surface area (Å²) >= 11 is 0. The van der Waals surface area contributed by atoms with E-state index in [0.29, 0.717) is 18.0 Å². The molecule has 0 fully saturated rings. The van der Waals surface area contributed by atoms with Crippen LogP contribution in [0.1, 0.15) is 42.7 Å². The Balaban J connectivity index is 2.41. The summed E-state index contributed by atoms with van der Waals surface area (Å²) < 4.78 is 0. The number of nitrogens with zero attached hydrogens (tertiary/aromatic N) is 1. The monoisotopic (exact) mass is 235 g/mol. The smallest absolute Gasteiger partial charge is 0.251 e. The number of aromatic nitrogens is 1. The first-order chi connectivity index (χ1) is 8.13. The number of carbonyl (C=O) groups is 1. The van der Waals surface area contributed by atoms with Gasteiger partial charge in [-0.3, -0.25) is 9.78 Å². The van der Waals surface area contributed by atoms with Crippen molar-refractivity contribution in [3.05, 3.63) is 29.6 Å². The van der Waals surface area contributed by atoms with Crippen LogP contribution in [-0.2, 0) is 6.54 Å². The van der Waals surface area contributed by atoms with Crippen molar-refractivity contribution in [2.75, 3.05) is 6.54 Å². The van der Waals surface area contributed by atoms with Crippen LogP contribution < -0.4 is 11.1 Å². The van der Waals surface area contributed by atoms with Gasteiger partial charge >= 0.3 is 0 Å². The normalized spacial score (nSPS) is 10.6. The molecule has 1 heterocycles. The molecule has 17 heavy (non-hydrogen) atoms. The Bertz CT molecular complexity index is 363. The highest BCUT2D eigenvalue weighted by atomic mass is 16.1. The molecule has 0 aromatic carbocycles. The van der Waals surface area contributed by atoms with Crippen molar-refractivity contribution in [2.45, 2.75) is 33.2 Å². The first kappa shape index (κ1) is 13.6. The van der Waals surface area contributed by atoms with Gasteiger partial charge in [-0.05, 0) is 30.9 Å². The molecule has 0 atom stereocenters. The zero-order chi connectivity index (χ0) is 12.7. The molecular weight excluding hydrogens is 214 g/mol. The summed E-state index contributed by atoms with van der Waals surface area (Å²) in [7, 11) is 0. The molecule has 0 spiro atoms. The van der Waals surface area contributed by atoms with Crippen LogP contribution in [0.25, 0.3) is 0 Å². The first-order valence-corrected chi connectivity index (χ1v) is 6.06. The summed E-state index contributed by atoms with van der Waals surface area (Å²) in [4.78, 5) is 15.8. The molecule has 0 aliphatic rings. The lowest BCUT2D eigenvalue weighted by atomic mass is 10.1. The van der Waals surface area contributed by atoms with Crippen LogP contribution in [0.3, 0.4) is 0 Å². The highest BCUT2D eigenvalue weighted by molar-refractivity contribution is 5.94. The minimum Gasteiger partial charge on any atom is -0.352 e. The van der Waals surface area contributed by atoms with Gasteiger partial charge in [0.2, 0.25) is 0 Å². The number of carbonyl (C=O) groups excluding carboxylic acids is 1. The van der Waals surface area contributed by atoms with E-state index < -0.39 is 0 Å². The topological polar surface area (TPSA) is 68.0 Å². The predicted octanol–water partition coefficient (Wildman–Crippen LogP) is 1.71. The van der Waals surface area contributed by atoms with Gasteiger partial charge in [0, 0.05) is 24.8 Å². The van der Waals surface area contributed by atoms with Crippen LogP contribution in [0.15, 0.2) is 18.3 Å². The van der Waals surface area contributed by atoms with E-state index in [1.807, 2.05) is 0 Å². The standard InChI is InChI=1S/C13H21N3O/c1-10(2)4-3-6-16-13(17)11-5-7-15-12(8-11)9-14/h5,7-8,10H,3-4,6,9,14H2,1-2H3,(H,16,17). The molecule has 0 aliphatic heterocycles. The molecule has 1 rings (SSSR count). The summed E-state index contributed by atoms with van der Waals surface area (Å²) in [6, 6.07) is 3.44. The van der Waals surface area contributed by atoms with Crippen LogP contribution in [0.4, 0.5) is 0 Å². The highest BCUT2D eigenvalue weighted by Gasteiger charge is 2.05.